The molecule has 1 aromatic heterocycles. The van der Waals surface area contributed by atoms with Crippen LogP contribution in [0, 0.1) is 6.92 Å². The molecule has 0 aliphatic carbocycles. The molecule has 24 heavy (non-hydrogen) atoms. The number of ether oxygens (including phenoxy) is 1. The number of hydrogen-bond donors (Lipinski definition) is 0. The summed E-state index contributed by atoms with van der Waals surface area (Å²) >= 11 is 0. The van der Waals surface area contributed by atoms with E-state index in [1.54, 1.807) is 6.20 Å². The third-order valence-corrected chi connectivity index (χ3v) is 4.01. The highest BCUT2D eigenvalue weighted by molar-refractivity contribution is 5.77. The molecule has 5 nitrogen and oxygen atoms in total. The highest BCUT2D eigenvalue weighted by atomic mass is 19.3. The van der Waals surface area contributed by atoms with Gasteiger partial charge in [-0.25, -0.2) is 18.7 Å². The Hall–Kier alpha value is -1.77. The van der Waals surface area contributed by atoms with Crippen molar-refractivity contribution < 1.29 is 27.1 Å². The molecule has 0 unspecified atom stereocenters. The van der Waals surface area contributed by atoms with Crippen LogP contribution in [0.1, 0.15) is 30.0 Å². The van der Waals surface area contributed by atoms with Gasteiger partial charge in [-0.1, -0.05) is 0 Å². The van der Waals surface area contributed by atoms with Gasteiger partial charge in [-0.3, -0.25) is 4.79 Å². The zero-order valence-electron chi connectivity index (χ0n) is 13.2. The van der Waals surface area contributed by atoms with E-state index in [1.807, 2.05) is 6.92 Å². The van der Waals surface area contributed by atoms with Gasteiger partial charge in [0.2, 0.25) is 5.91 Å². The molecule has 1 saturated heterocycles. The van der Waals surface area contributed by atoms with Crippen molar-refractivity contribution in [3.05, 3.63) is 23.8 Å². The predicted molar refractivity (Wildman–Crippen MR) is 77.1 cm³/mol. The minimum absolute atomic E-state index is 0.209. The number of carbonyl (C=O) groups excluding carboxylic acids is 1. The fraction of sp³-hybridized carbons (Fsp3) is 0.667. The van der Waals surface area contributed by atoms with Gasteiger partial charge in [-0.2, -0.15) is 8.78 Å². The van der Waals surface area contributed by atoms with Crippen molar-refractivity contribution in [3.8, 4) is 0 Å². The van der Waals surface area contributed by atoms with Crippen molar-refractivity contribution in [1.82, 2.24) is 14.9 Å². The number of rotatable bonds is 6. The van der Waals surface area contributed by atoms with Gasteiger partial charge in [0.1, 0.15) is 19.5 Å². The summed E-state index contributed by atoms with van der Waals surface area (Å²) in [6, 6.07) is 0. The topological polar surface area (TPSA) is 55.3 Å². The number of aryl methyl sites for hydroxylation is 1. The molecule has 1 amide bonds. The molecular formula is C15H19F4N3O2. The van der Waals surface area contributed by atoms with Gasteiger partial charge in [0.05, 0.1) is 0 Å². The number of amides is 1. The molecule has 0 N–H and O–H groups in total. The number of halogens is 4. The van der Waals surface area contributed by atoms with Crippen molar-refractivity contribution in [1.29, 1.82) is 0 Å². The van der Waals surface area contributed by atoms with E-state index in [4.69, 9.17) is 0 Å². The van der Waals surface area contributed by atoms with Crippen LogP contribution in [-0.4, -0.2) is 59.4 Å². The van der Waals surface area contributed by atoms with Crippen LogP contribution in [0.15, 0.2) is 12.5 Å². The highest BCUT2D eigenvalue weighted by Gasteiger charge is 2.41. The van der Waals surface area contributed by atoms with Gasteiger partial charge in [-0.05, 0) is 25.3 Å². The molecule has 0 aromatic carbocycles. The van der Waals surface area contributed by atoms with Crippen molar-refractivity contribution >= 4 is 5.91 Å². The van der Waals surface area contributed by atoms with Gasteiger partial charge in [-0.15, -0.1) is 0 Å². The Balaban J connectivity index is 1.78. The maximum Gasteiger partial charge on any atom is 0.330 e. The van der Waals surface area contributed by atoms with Crippen molar-refractivity contribution in [2.75, 3.05) is 26.3 Å². The summed E-state index contributed by atoms with van der Waals surface area (Å²) in [6.45, 7) is 0.722. The Morgan fingerprint density at radius 3 is 2.67 bits per heavy atom. The molecular weight excluding hydrogens is 330 g/mol. The van der Waals surface area contributed by atoms with E-state index >= 15 is 0 Å². The molecule has 1 aliphatic rings. The van der Waals surface area contributed by atoms with E-state index in [0.717, 1.165) is 11.3 Å². The lowest BCUT2D eigenvalue weighted by atomic mass is 9.91. The third kappa shape index (κ3) is 4.62. The molecule has 9 heteroatoms. The van der Waals surface area contributed by atoms with Gasteiger partial charge >= 0.3 is 12.3 Å². The molecule has 0 atom stereocenters. The van der Waals surface area contributed by atoms with E-state index in [9.17, 15) is 22.4 Å². The van der Waals surface area contributed by atoms with Crippen molar-refractivity contribution in [2.24, 2.45) is 0 Å². The van der Waals surface area contributed by atoms with E-state index in [1.165, 1.54) is 11.2 Å². The van der Waals surface area contributed by atoms with Crippen LogP contribution in [0.4, 0.5) is 17.6 Å². The quantitative estimate of drug-likeness (QED) is 0.740. The first-order chi connectivity index (χ1) is 11.3. The molecule has 0 radical (unpaired) electrons. The molecule has 0 bridgehead atoms. The Kier molecular flexibility index (Phi) is 6.09. The summed E-state index contributed by atoms with van der Waals surface area (Å²) in [5, 5.41) is 0. The smallest absolute Gasteiger partial charge is 0.330 e. The SMILES string of the molecule is Cc1cncnc1C1CCN(C(=O)COCC(F)(F)C(F)F)CC1. The zero-order valence-corrected chi connectivity index (χ0v) is 13.2. The zero-order chi connectivity index (χ0) is 17.7. The van der Waals surface area contributed by atoms with Gasteiger partial charge in [0.25, 0.3) is 0 Å². The van der Waals surface area contributed by atoms with Crippen LogP contribution in [0.2, 0.25) is 0 Å². The van der Waals surface area contributed by atoms with Gasteiger partial charge < -0.3 is 9.64 Å². The molecule has 1 aliphatic heterocycles. The minimum atomic E-state index is -4.24. The first kappa shape index (κ1) is 18.6. The Morgan fingerprint density at radius 1 is 1.42 bits per heavy atom. The number of carbonyl (C=O) groups is 1. The fourth-order valence-electron chi connectivity index (χ4n) is 2.67. The van der Waals surface area contributed by atoms with E-state index < -0.39 is 31.5 Å². The van der Waals surface area contributed by atoms with E-state index in [0.29, 0.717) is 25.9 Å². The number of nitrogens with zero attached hydrogens (tertiary/aromatic N) is 3. The summed E-state index contributed by atoms with van der Waals surface area (Å²) in [7, 11) is 0. The monoisotopic (exact) mass is 349 g/mol. The summed E-state index contributed by atoms with van der Waals surface area (Å²) in [6.07, 6.45) is 0.792. The lowest BCUT2D eigenvalue weighted by molar-refractivity contribution is -0.171. The Morgan fingerprint density at radius 2 is 2.08 bits per heavy atom. The largest absolute Gasteiger partial charge is 0.365 e. The Labute approximate surface area is 137 Å². The molecule has 134 valence electrons. The number of aromatic nitrogens is 2. The average Bonchev–Trinajstić information content (AvgIpc) is 2.55. The Bertz CT molecular complexity index is 563. The standard InChI is InChI=1S/C15H19F4N3O2/c1-10-6-20-9-21-13(10)11-2-4-22(5-3-11)12(23)7-24-8-15(18,19)14(16)17/h6,9,11,14H,2-5,7-8H2,1H3. The first-order valence-corrected chi connectivity index (χ1v) is 7.59. The maximum absolute atomic E-state index is 12.7. The minimum Gasteiger partial charge on any atom is -0.365 e. The maximum atomic E-state index is 12.7. The van der Waals surface area contributed by atoms with Crippen LogP contribution < -0.4 is 0 Å². The number of piperidine rings is 1. The van der Waals surface area contributed by atoms with E-state index in [2.05, 4.69) is 14.7 Å². The van der Waals surface area contributed by atoms with Crippen molar-refractivity contribution in [2.45, 2.75) is 38.0 Å². The molecule has 1 aromatic rings. The number of alkyl halides is 4. The average molecular weight is 349 g/mol. The summed E-state index contributed by atoms with van der Waals surface area (Å²) < 4.78 is 53.9. The summed E-state index contributed by atoms with van der Waals surface area (Å²) in [4.78, 5) is 21.6. The molecule has 0 saturated carbocycles. The van der Waals surface area contributed by atoms with Gasteiger partial charge in [0, 0.05) is 30.9 Å². The van der Waals surface area contributed by atoms with Crippen LogP contribution in [0.25, 0.3) is 0 Å². The van der Waals surface area contributed by atoms with Crippen molar-refractivity contribution in [3.63, 3.8) is 0 Å². The van der Waals surface area contributed by atoms with Gasteiger partial charge in [0.15, 0.2) is 0 Å². The molecule has 0 spiro atoms. The third-order valence-electron chi connectivity index (χ3n) is 4.01. The van der Waals surface area contributed by atoms with Crippen LogP contribution in [0.3, 0.4) is 0 Å². The number of likely N-dealkylation sites (tertiary alicyclic amines) is 1. The lowest BCUT2D eigenvalue weighted by Crippen LogP contribution is -2.41. The van der Waals surface area contributed by atoms with Crippen LogP contribution in [-0.2, 0) is 9.53 Å². The lowest BCUT2D eigenvalue weighted by Gasteiger charge is -2.32. The molecule has 1 fully saturated rings. The second kappa shape index (κ2) is 7.87. The summed E-state index contributed by atoms with van der Waals surface area (Å²) in [5.41, 5.74) is 1.93. The highest BCUT2D eigenvalue weighted by Crippen LogP contribution is 2.28. The fourth-order valence-corrected chi connectivity index (χ4v) is 2.67. The number of hydrogen-bond acceptors (Lipinski definition) is 4. The van der Waals surface area contributed by atoms with Crippen LogP contribution >= 0.6 is 0 Å². The van der Waals surface area contributed by atoms with E-state index in [-0.39, 0.29) is 5.92 Å². The van der Waals surface area contributed by atoms with Crippen LogP contribution in [0.5, 0.6) is 0 Å². The predicted octanol–water partition coefficient (Wildman–Crippen LogP) is 2.41. The summed E-state index contributed by atoms with van der Waals surface area (Å²) in [5.74, 6) is -4.50. The first-order valence-electron chi connectivity index (χ1n) is 7.59. The molecule has 2 rings (SSSR count). The molecule has 2 heterocycles. The normalized spacial score (nSPS) is 16.7. The second-order valence-electron chi connectivity index (χ2n) is 5.80. The second-order valence-corrected chi connectivity index (χ2v) is 5.80.